The summed E-state index contributed by atoms with van der Waals surface area (Å²) in [6.07, 6.45) is 0. The van der Waals surface area contributed by atoms with Crippen molar-refractivity contribution in [3.05, 3.63) is 35.4 Å². The van der Waals surface area contributed by atoms with Crippen molar-refractivity contribution >= 4 is 17.8 Å². The average Bonchev–Trinajstić information content (AvgIpc) is 2.43. The molecule has 0 bridgehead atoms. The van der Waals surface area contributed by atoms with Gasteiger partial charge in [-0.2, -0.15) is 0 Å². The Kier molecular flexibility index (Phi) is 5.25. The molecule has 0 spiro atoms. The second-order valence-electron chi connectivity index (χ2n) is 4.53. The monoisotopic (exact) mass is 278 g/mol. The minimum absolute atomic E-state index is 0.117. The fourth-order valence-corrected chi connectivity index (χ4v) is 1.75. The van der Waals surface area contributed by atoms with Crippen LogP contribution < -0.4 is 5.73 Å². The van der Waals surface area contributed by atoms with Crippen LogP contribution in [0.25, 0.3) is 0 Å². The predicted molar refractivity (Wildman–Crippen MR) is 73.3 cm³/mol. The van der Waals surface area contributed by atoms with Gasteiger partial charge in [0.1, 0.15) is 0 Å². The Bertz CT molecular complexity index is 528. The molecule has 1 aromatic carbocycles. The fraction of sp³-hybridized carbons (Fsp3) is 0.357. The summed E-state index contributed by atoms with van der Waals surface area (Å²) in [5.41, 5.74) is 5.74. The van der Waals surface area contributed by atoms with Gasteiger partial charge in [0, 0.05) is 24.2 Å². The maximum absolute atomic E-state index is 12.3. The Balaban J connectivity index is 2.93. The lowest BCUT2D eigenvalue weighted by molar-refractivity contribution is -0.141. The summed E-state index contributed by atoms with van der Waals surface area (Å²) in [4.78, 5) is 35.7. The van der Waals surface area contributed by atoms with Gasteiger partial charge in [0.15, 0.2) is 0 Å². The van der Waals surface area contributed by atoms with E-state index in [2.05, 4.69) is 0 Å². The molecule has 0 fully saturated rings. The Morgan fingerprint density at radius 2 is 1.90 bits per heavy atom. The Morgan fingerprint density at radius 3 is 2.40 bits per heavy atom. The molecule has 0 aliphatic rings. The lowest BCUT2D eigenvalue weighted by Gasteiger charge is -2.23. The van der Waals surface area contributed by atoms with E-state index in [1.807, 2.05) is 0 Å². The van der Waals surface area contributed by atoms with E-state index in [9.17, 15) is 14.4 Å². The molecule has 0 aliphatic heterocycles. The van der Waals surface area contributed by atoms with Gasteiger partial charge in [0.05, 0.1) is 5.92 Å². The number of carboxylic acid groups (broad SMARTS) is 1. The van der Waals surface area contributed by atoms with Gasteiger partial charge in [-0.1, -0.05) is 13.0 Å². The molecule has 6 nitrogen and oxygen atoms in total. The molecule has 3 N–H and O–H groups in total. The van der Waals surface area contributed by atoms with Crippen LogP contribution in [0.2, 0.25) is 0 Å². The zero-order valence-electron chi connectivity index (χ0n) is 11.5. The summed E-state index contributed by atoms with van der Waals surface area (Å²) >= 11 is 0. The van der Waals surface area contributed by atoms with Crippen molar-refractivity contribution in [3.63, 3.8) is 0 Å². The van der Waals surface area contributed by atoms with Gasteiger partial charge >= 0.3 is 5.97 Å². The molecule has 0 aromatic heterocycles. The summed E-state index contributed by atoms with van der Waals surface area (Å²) in [7, 11) is 0. The Morgan fingerprint density at radius 1 is 1.30 bits per heavy atom. The quantitative estimate of drug-likeness (QED) is 0.809. The predicted octanol–water partition coefficient (Wildman–Crippen LogP) is 0.968. The summed E-state index contributed by atoms with van der Waals surface area (Å²) in [6, 6.07) is 6.08. The summed E-state index contributed by atoms with van der Waals surface area (Å²) in [5, 5.41) is 8.90. The van der Waals surface area contributed by atoms with Gasteiger partial charge in [0.25, 0.3) is 5.91 Å². The lowest BCUT2D eigenvalue weighted by atomic mass is 10.1. The molecule has 108 valence electrons. The SMILES string of the molecule is CCN(CC(C)C(=O)O)C(=O)c1cccc(C(N)=O)c1. The molecule has 0 radical (unpaired) electrons. The van der Waals surface area contributed by atoms with E-state index in [-0.39, 0.29) is 18.0 Å². The third kappa shape index (κ3) is 3.81. The molecular weight excluding hydrogens is 260 g/mol. The first-order valence-electron chi connectivity index (χ1n) is 6.28. The van der Waals surface area contributed by atoms with Crippen molar-refractivity contribution in [1.82, 2.24) is 4.90 Å². The van der Waals surface area contributed by atoms with Gasteiger partial charge in [-0.25, -0.2) is 0 Å². The highest BCUT2D eigenvalue weighted by Gasteiger charge is 2.20. The van der Waals surface area contributed by atoms with Crippen molar-refractivity contribution in [2.75, 3.05) is 13.1 Å². The molecule has 6 heteroatoms. The van der Waals surface area contributed by atoms with Crippen LogP contribution in [0.15, 0.2) is 24.3 Å². The van der Waals surface area contributed by atoms with Crippen LogP contribution in [0.4, 0.5) is 0 Å². The number of primary amides is 1. The minimum atomic E-state index is -0.956. The van der Waals surface area contributed by atoms with Crippen LogP contribution in [0, 0.1) is 5.92 Å². The topological polar surface area (TPSA) is 101 Å². The van der Waals surface area contributed by atoms with Crippen molar-refractivity contribution in [2.45, 2.75) is 13.8 Å². The van der Waals surface area contributed by atoms with E-state index >= 15 is 0 Å². The second-order valence-corrected chi connectivity index (χ2v) is 4.53. The highest BCUT2D eigenvalue weighted by Crippen LogP contribution is 2.10. The van der Waals surface area contributed by atoms with Crippen molar-refractivity contribution in [3.8, 4) is 0 Å². The number of nitrogens with two attached hydrogens (primary N) is 1. The smallest absolute Gasteiger partial charge is 0.308 e. The molecule has 2 amide bonds. The molecular formula is C14H18N2O4. The van der Waals surface area contributed by atoms with Gasteiger partial charge in [-0.15, -0.1) is 0 Å². The molecule has 1 aromatic rings. The number of rotatable bonds is 6. The highest BCUT2D eigenvalue weighted by atomic mass is 16.4. The molecule has 0 heterocycles. The largest absolute Gasteiger partial charge is 0.481 e. The molecule has 0 saturated heterocycles. The van der Waals surface area contributed by atoms with E-state index in [0.29, 0.717) is 12.1 Å². The number of aliphatic carboxylic acids is 1. The number of benzene rings is 1. The number of hydrogen-bond donors (Lipinski definition) is 2. The van der Waals surface area contributed by atoms with E-state index in [0.717, 1.165) is 0 Å². The molecule has 0 saturated carbocycles. The molecule has 1 atom stereocenters. The highest BCUT2D eigenvalue weighted by molar-refractivity contribution is 5.99. The second kappa shape index (κ2) is 6.70. The maximum Gasteiger partial charge on any atom is 0.308 e. The third-order valence-corrected chi connectivity index (χ3v) is 2.98. The first-order chi connectivity index (χ1) is 9.36. The number of amides is 2. The molecule has 0 aliphatic carbocycles. The number of carboxylic acids is 1. The van der Waals surface area contributed by atoms with Crippen LogP contribution in [0.3, 0.4) is 0 Å². The van der Waals surface area contributed by atoms with Crippen molar-refractivity contribution < 1.29 is 19.5 Å². The van der Waals surface area contributed by atoms with Crippen LogP contribution in [-0.4, -0.2) is 40.9 Å². The first kappa shape index (κ1) is 15.7. The first-order valence-corrected chi connectivity index (χ1v) is 6.28. The Labute approximate surface area is 117 Å². The minimum Gasteiger partial charge on any atom is -0.481 e. The maximum atomic E-state index is 12.3. The van der Waals surface area contributed by atoms with Crippen molar-refractivity contribution in [2.24, 2.45) is 11.7 Å². The number of carbonyl (C=O) groups excluding carboxylic acids is 2. The standard InChI is InChI=1S/C14H18N2O4/c1-3-16(8-9(2)14(19)20)13(18)11-6-4-5-10(7-11)12(15)17/h4-7,9H,3,8H2,1-2H3,(H2,15,17)(H,19,20). The van der Waals surface area contributed by atoms with Gasteiger partial charge in [-0.05, 0) is 25.1 Å². The number of hydrogen-bond acceptors (Lipinski definition) is 3. The van der Waals surface area contributed by atoms with E-state index < -0.39 is 17.8 Å². The van der Waals surface area contributed by atoms with Gasteiger partial charge in [0.2, 0.25) is 5.91 Å². The average molecular weight is 278 g/mol. The van der Waals surface area contributed by atoms with E-state index in [1.165, 1.54) is 24.0 Å². The summed E-state index contributed by atoms with van der Waals surface area (Å²) in [5.74, 6) is -2.54. The summed E-state index contributed by atoms with van der Waals surface area (Å²) in [6.45, 7) is 3.81. The van der Waals surface area contributed by atoms with E-state index in [4.69, 9.17) is 10.8 Å². The van der Waals surface area contributed by atoms with Crippen LogP contribution in [-0.2, 0) is 4.79 Å². The van der Waals surface area contributed by atoms with Crippen LogP contribution in [0.5, 0.6) is 0 Å². The van der Waals surface area contributed by atoms with E-state index in [1.54, 1.807) is 19.1 Å². The fourth-order valence-electron chi connectivity index (χ4n) is 1.75. The number of carbonyl (C=O) groups is 3. The third-order valence-electron chi connectivity index (χ3n) is 2.98. The van der Waals surface area contributed by atoms with Crippen LogP contribution in [0.1, 0.15) is 34.6 Å². The summed E-state index contributed by atoms with van der Waals surface area (Å²) < 4.78 is 0. The number of nitrogens with zero attached hydrogens (tertiary/aromatic N) is 1. The lowest BCUT2D eigenvalue weighted by Crippen LogP contribution is -2.36. The molecule has 1 unspecified atom stereocenters. The van der Waals surface area contributed by atoms with Gasteiger partial charge < -0.3 is 15.7 Å². The van der Waals surface area contributed by atoms with Gasteiger partial charge in [-0.3, -0.25) is 14.4 Å². The van der Waals surface area contributed by atoms with Crippen LogP contribution >= 0.6 is 0 Å². The zero-order chi connectivity index (χ0) is 15.3. The Hall–Kier alpha value is -2.37. The van der Waals surface area contributed by atoms with Crippen molar-refractivity contribution in [1.29, 1.82) is 0 Å². The normalized spacial score (nSPS) is 11.7. The molecule has 1 rings (SSSR count). The molecule has 20 heavy (non-hydrogen) atoms. The zero-order valence-corrected chi connectivity index (χ0v) is 11.5.